The highest BCUT2D eigenvalue weighted by molar-refractivity contribution is 8.00. The van der Waals surface area contributed by atoms with E-state index in [0.29, 0.717) is 28.9 Å². The van der Waals surface area contributed by atoms with Crippen LogP contribution in [0.1, 0.15) is 5.82 Å². The van der Waals surface area contributed by atoms with Gasteiger partial charge in [-0.25, -0.2) is 4.79 Å². The molecule has 2 aliphatic heterocycles. The Morgan fingerprint density at radius 2 is 2.18 bits per heavy atom. The number of oxime groups is 1. The number of aliphatic hydroxyl groups excluding tert-OH is 1. The quantitative estimate of drug-likeness (QED) is 0.129. The highest BCUT2D eigenvalue weighted by atomic mass is 32.2. The number of carbonyl (C=O) groups excluding carboxylic acids is 2. The molecule has 15 heteroatoms. The first-order valence-corrected chi connectivity index (χ1v) is 11.9. The van der Waals surface area contributed by atoms with Crippen LogP contribution >= 0.6 is 23.3 Å². The molecule has 5 N–H and O–H groups in total. The predicted molar refractivity (Wildman–Crippen MR) is 126 cm³/mol. The summed E-state index contributed by atoms with van der Waals surface area (Å²) >= 11 is 2.22. The van der Waals surface area contributed by atoms with Gasteiger partial charge in [0.2, 0.25) is 11.5 Å². The SMILES string of the molecule is CON=C(C(=O)N[C@@H]1C(=O)N2C(C(=O)O)=C(C=CC[N+](C)(C)CCO)CS[C@@H]12)c1nsc(N)n1. The number of aliphatic carboxylic acids is 1. The number of anilines is 1. The lowest BCUT2D eigenvalue weighted by molar-refractivity contribution is -0.884. The van der Waals surface area contributed by atoms with Gasteiger partial charge in [0, 0.05) is 17.3 Å². The number of carboxylic acid groups (broad SMARTS) is 1. The van der Waals surface area contributed by atoms with Crippen molar-refractivity contribution in [2.75, 3.05) is 52.4 Å². The molecule has 0 unspecified atom stereocenters. The Morgan fingerprint density at radius 3 is 2.76 bits per heavy atom. The van der Waals surface area contributed by atoms with Gasteiger partial charge >= 0.3 is 5.97 Å². The number of amides is 2. The van der Waals surface area contributed by atoms with Crippen molar-refractivity contribution in [2.45, 2.75) is 11.4 Å². The Kier molecular flexibility index (Phi) is 7.91. The Hall–Kier alpha value is -3.01. The second-order valence-electron chi connectivity index (χ2n) is 8.09. The number of rotatable bonds is 10. The van der Waals surface area contributed by atoms with Gasteiger partial charge in [-0.05, 0) is 11.6 Å². The molecule has 0 radical (unpaired) electrons. The number of nitrogens with two attached hydrogens (primary N) is 1. The van der Waals surface area contributed by atoms with Crippen molar-refractivity contribution in [1.29, 1.82) is 0 Å². The minimum absolute atomic E-state index is 0.0390. The molecule has 0 aliphatic carbocycles. The highest BCUT2D eigenvalue weighted by Gasteiger charge is 2.54. The summed E-state index contributed by atoms with van der Waals surface area (Å²) in [5.41, 5.74) is 5.71. The lowest BCUT2D eigenvalue weighted by Crippen LogP contribution is -2.71. The molecule has 0 spiro atoms. The molecule has 34 heavy (non-hydrogen) atoms. The van der Waals surface area contributed by atoms with Gasteiger partial charge in [-0.1, -0.05) is 11.2 Å². The zero-order valence-corrected chi connectivity index (χ0v) is 20.4. The number of hydrogen-bond acceptors (Lipinski definition) is 11. The minimum Gasteiger partial charge on any atom is -0.477 e. The molecule has 1 fully saturated rings. The summed E-state index contributed by atoms with van der Waals surface area (Å²) in [5, 5.41) is 24.7. The van der Waals surface area contributed by atoms with Crippen LogP contribution in [0.25, 0.3) is 0 Å². The standard InChI is InChI=1S/C19H25N7O6S2/c1-26(2,7-8-27)6-4-5-10-9-33-17-12(16(29)25(17)13(10)18(30)31)21-15(28)11(23-32-3)14-22-19(20)34-24-14/h4-5,12,17,27H,6-9H2,1-3H3,(H3-,20,21,22,24,28,30,31)/p+1/t12-,17+/m1/s1. The zero-order valence-electron chi connectivity index (χ0n) is 18.8. The third-order valence-electron chi connectivity index (χ3n) is 5.16. The smallest absolute Gasteiger partial charge is 0.352 e. The Balaban J connectivity index is 1.75. The Morgan fingerprint density at radius 1 is 1.44 bits per heavy atom. The molecular weight excluding hydrogens is 486 g/mol. The van der Waals surface area contributed by atoms with E-state index in [-0.39, 0.29) is 29.0 Å². The van der Waals surface area contributed by atoms with E-state index in [1.165, 1.54) is 23.8 Å². The van der Waals surface area contributed by atoms with Gasteiger partial charge in [-0.3, -0.25) is 14.5 Å². The molecule has 2 aliphatic rings. The van der Waals surface area contributed by atoms with E-state index in [9.17, 15) is 19.5 Å². The van der Waals surface area contributed by atoms with Gasteiger partial charge in [0.1, 0.15) is 30.8 Å². The number of fused-ring (bicyclic) bond motifs is 1. The number of allylic oxidation sites excluding steroid dienone is 1. The molecule has 13 nitrogen and oxygen atoms in total. The number of β-lactam (4-membered cyclic amide) rings is 1. The van der Waals surface area contributed by atoms with Gasteiger partial charge in [-0.2, -0.15) is 9.36 Å². The van der Waals surface area contributed by atoms with Crippen LogP contribution in [0.3, 0.4) is 0 Å². The number of quaternary nitrogens is 1. The largest absolute Gasteiger partial charge is 0.477 e. The average molecular weight is 513 g/mol. The van der Waals surface area contributed by atoms with E-state index < -0.39 is 29.2 Å². The predicted octanol–water partition coefficient (Wildman–Crippen LogP) is -1.17. The molecular formula is C19H26N7O6S2+. The first kappa shape index (κ1) is 25.6. The third kappa shape index (κ3) is 5.38. The maximum atomic E-state index is 12.9. The monoisotopic (exact) mass is 512 g/mol. The van der Waals surface area contributed by atoms with Crippen molar-refractivity contribution in [3.8, 4) is 0 Å². The van der Waals surface area contributed by atoms with Crippen LogP contribution in [0.2, 0.25) is 0 Å². The molecule has 3 rings (SSSR count). The number of hydrogen-bond donors (Lipinski definition) is 4. The molecule has 1 aromatic rings. The van der Waals surface area contributed by atoms with Crippen LogP contribution in [-0.2, 0) is 19.2 Å². The number of carboxylic acids is 1. The maximum Gasteiger partial charge on any atom is 0.352 e. The van der Waals surface area contributed by atoms with Gasteiger partial charge < -0.3 is 30.6 Å². The Labute approximate surface area is 203 Å². The van der Waals surface area contributed by atoms with E-state index in [0.717, 1.165) is 11.5 Å². The summed E-state index contributed by atoms with van der Waals surface area (Å²) in [6.07, 6.45) is 3.53. The van der Waals surface area contributed by atoms with Crippen molar-refractivity contribution >= 4 is 51.9 Å². The van der Waals surface area contributed by atoms with Crippen LogP contribution in [0.5, 0.6) is 0 Å². The highest BCUT2D eigenvalue weighted by Crippen LogP contribution is 2.40. The molecule has 1 aromatic heterocycles. The summed E-state index contributed by atoms with van der Waals surface area (Å²) in [5.74, 6) is -2.21. The summed E-state index contributed by atoms with van der Waals surface area (Å²) < 4.78 is 4.46. The minimum atomic E-state index is -1.23. The number of likely N-dealkylation sites (N-methyl/N-ethyl adjacent to an activating group) is 1. The first-order valence-electron chi connectivity index (χ1n) is 10.1. The topological polar surface area (TPSA) is 180 Å². The van der Waals surface area contributed by atoms with Crippen LogP contribution in [-0.4, -0.2) is 111 Å². The average Bonchev–Trinajstić information content (AvgIpc) is 3.20. The molecule has 0 saturated carbocycles. The number of carbonyl (C=O) groups is 3. The van der Waals surface area contributed by atoms with Gasteiger partial charge in [0.15, 0.2) is 5.13 Å². The summed E-state index contributed by atoms with van der Waals surface area (Å²) in [6.45, 7) is 1.17. The van der Waals surface area contributed by atoms with Crippen molar-refractivity contribution in [3.05, 3.63) is 29.2 Å². The van der Waals surface area contributed by atoms with Crippen molar-refractivity contribution in [1.82, 2.24) is 19.6 Å². The fraction of sp³-hybridized carbons (Fsp3) is 0.474. The van der Waals surface area contributed by atoms with Crippen molar-refractivity contribution in [2.24, 2.45) is 5.16 Å². The normalized spacial score (nSPS) is 20.9. The number of nitrogens with zero attached hydrogens (tertiary/aromatic N) is 5. The first-order chi connectivity index (χ1) is 16.1. The van der Waals surface area contributed by atoms with E-state index in [1.807, 2.05) is 20.2 Å². The van der Waals surface area contributed by atoms with E-state index in [1.54, 1.807) is 6.08 Å². The molecule has 1 saturated heterocycles. The van der Waals surface area contributed by atoms with Gasteiger partial charge in [0.25, 0.3) is 11.8 Å². The fourth-order valence-electron chi connectivity index (χ4n) is 3.43. The summed E-state index contributed by atoms with van der Waals surface area (Å²) in [4.78, 5) is 47.4. The van der Waals surface area contributed by atoms with Gasteiger partial charge in [0.05, 0.1) is 27.2 Å². The fourth-order valence-corrected chi connectivity index (χ4v) is 5.18. The molecule has 2 amide bonds. The second kappa shape index (κ2) is 10.5. The van der Waals surface area contributed by atoms with E-state index in [2.05, 4.69) is 19.8 Å². The van der Waals surface area contributed by atoms with Crippen molar-refractivity contribution < 1.29 is 33.9 Å². The molecule has 184 valence electrons. The second-order valence-corrected chi connectivity index (χ2v) is 9.97. The van der Waals surface area contributed by atoms with Crippen LogP contribution in [0.15, 0.2) is 28.6 Å². The Bertz CT molecular complexity index is 1070. The zero-order chi connectivity index (χ0) is 25.0. The number of thioether (sulfide) groups is 1. The molecule has 2 atom stereocenters. The maximum absolute atomic E-state index is 12.9. The summed E-state index contributed by atoms with van der Waals surface area (Å²) in [6, 6.07) is -0.949. The number of nitrogen functional groups attached to an aromatic ring is 1. The number of nitrogens with one attached hydrogen (secondary N) is 1. The van der Waals surface area contributed by atoms with Crippen LogP contribution in [0.4, 0.5) is 5.13 Å². The summed E-state index contributed by atoms with van der Waals surface area (Å²) in [7, 11) is 5.14. The van der Waals surface area contributed by atoms with Gasteiger partial charge in [-0.15, -0.1) is 11.8 Å². The number of aromatic nitrogens is 2. The van der Waals surface area contributed by atoms with Crippen molar-refractivity contribution in [3.63, 3.8) is 0 Å². The van der Waals surface area contributed by atoms with Crippen LogP contribution < -0.4 is 11.1 Å². The molecule has 3 heterocycles. The lowest BCUT2D eigenvalue weighted by Gasteiger charge is -2.49. The third-order valence-corrected chi connectivity index (χ3v) is 7.01. The molecule has 0 aromatic carbocycles. The number of aliphatic hydroxyl groups is 1. The van der Waals surface area contributed by atoms with E-state index in [4.69, 9.17) is 15.7 Å². The lowest BCUT2D eigenvalue weighted by atomic mass is 10.0. The van der Waals surface area contributed by atoms with E-state index >= 15 is 0 Å². The molecule has 0 bridgehead atoms. The van der Waals surface area contributed by atoms with Crippen LogP contribution in [0, 0.1) is 0 Å².